The maximum absolute atomic E-state index is 13.0. The Hall–Kier alpha value is -0.780. The predicted octanol–water partition coefficient (Wildman–Crippen LogP) is 2.51. The molecule has 18 heavy (non-hydrogen) atoms. The number of hydrogen-bond acceptors (Lipinski definition) is 3. The highest BCUT2D eigenvalue weighted by Gasteiger charge is 2.62. The third kappa shape index (κ3) is 3.16. The molecule has 2 atom stereocenters. The van der Waals surface area contributed by atoms with Gasteiger partial charge in [0.2, 0.25) is 0 Å². The summed E-state index contributed by atoms with van der Waals surface area (Å²) in [6, 6.07) is 0. The minimum absolute atomic E-state index is 0.0600. The maximum atomic E-state index is 13.0. The number of esters is 1. The van der Waals surface area contributed by atoms with Crippen LogP contribution >= 0.6 is 0 Å². The summed E-state index contributed by atoms with van der Waals surface area (Å²) in [5.74, 6) is -1.04. The van der Waals surface area contributed by atoms with Crippen molar-refractivity contribution < 1.29 is 22.7 Å². The Bertz CT molecular complexity index is 286. The van der Waals surface area contributed by atoms with Crippen molar-refractivity contribution >= 4 is 5.97 Å². The number of carbonyl (C=O) groups excluding carboxylic acids is 1. The fourth-order valence-electron chi connectivity index (χ4n) is 2.16. The van der Waals surface area contributed by atoms with Gasteiger partial charge in [0.15, 0.2) is 5.41 Å². The molecule has 0 aromatic heterocycles. The average molecular weight is 267 g/mol. The number of halogens is 3. The average Bonchev–Trinajstić information content (AvgIpc) is 2.75. The van der Waals surface area contributed by atoms with E-state index in [1.165, 1.54) is 0 Å². The van der Waals surface area contributed by atoms with Gasteiger partial charge in [0.25, 0.3) is 0 Å². The van der Waals surface area contributed by atoms with Crippen LogP contribution in [0.25, 0.3) is 0 Å². The first-order valence-corrected chi connectivity index (χ1v) is 6.28. The smallest absolute Gasteiger partial charge is 0.406 e. The largest absolute Gasteiger partial charge is 0.465 e. The molecule has 1 aliphatic rings. The predicted molar refractivity (Wildman–Crippen MR) is 61.0 cm³/mol. The molecule has 1 heterocycles. The molecule has 1 aliphatic heterocycles. The molecule has 0 radical (unpaired) electrons. The normalized spacial score (nSPS) is 26.1. The van der Waals surface area contributed by atoms with E-state index in [9.17, 15) is 18.0 Å². The lowest BCUT2D eigenvalue weighted by Crippen LogP contribution is -2.48. The minimum atomic E-state index is -4.55. The summed E-state index contributed by atoms with van der Waals surface area (Å²) >= 11 is 0. The van der Waals surface area contributed by atoms with Crippen molar-refractivity contribution in [2.45, 2.75) is 39.3 Å². The molecule has 0 amide bonds. The van der Waals surface area contributed by atoms with Gasteiger partial charge >= 0.3 is 12.1 Å². The molecule has 0 aliphatic carbocycles. The van der Waals surface area contributed by atoms with Gasteiger partial charge in [-0.3, -0.25) is 4.79 Å². The summed E-state index contributed by atoms with van der Waals surface area (Å²) in [6.45, 7) is 3.72. The number of hydrogen-bond donors (Lipinski definition) is 1. The van der Waals surface area contributed by atoms with E-state index in [-0.39, 0.29) is 32.0 Å². The molecular formula is C12H20F3NO2. The Morgan fingerprint density at radius 2 is 2.17 bits per heavy atom. The van der Waals surface area contributed by atoms with Crippen LogP contribution in [-0.2, 0) is 9.53 Å². The monoisotopic (exact) mass is 267 g/mol. The van der Waals surface area contributed by atoms with E-state index in [0.29, 0.717) is 0 Å². The molecule has 3 nitrogen and oxygen atoms in total. The van der Waals surface area contributed by atoms with Gasteiger partial charge in [-0.05, 0) is 25.3 Å². The number of ether oxygens (including phenoxy) is 1. The van der Waals surface area contributed by atoms with Gasteiger partial charge in [-0.1, -0.05) is 20.3 Å². The highest BCUT2D eigenvalue weighted by atomic mass is 19.4. The molecule has 0 saturated carbocycles. The molecule has 6 heteroatoms. The van der Waals surface area contributed by atoms with Crippen molar-refractivity contribution in [2.24, 2.45) is 11.3 Å². The Morgan fingerprint density at radius 1 is 1.50 bits per heavy atom. The summed E-state index contributed by atoms with van der Waals surface area (Å²) < 4.78 is 43.9. The quantitative estimate of drug-likeness (QED) is 0.778. The number of nitrogens with one attached hydrogen (secondary N) is 1. The summed E-state index contributed by atoms with van der Waals surface area (Å²) in [4.78, 5) is 11.7. The van der Waals surface area contributed by atoms with Crippen LogP contribution < -0.4 is 5.32 Å². The van der Waals surface area contributed by atoms with Crippen molar-refractivity contribution in [3.8, 4) is 0 Å². The lowest BCUT2D eigenvalue weighted by atomic mass is 9.86. The van der Waals surface area contributed by atoms with Gasteiger partial charge in [-0.15, -0.1) is 0 Å². The van der Waals surface area contributed by atoms with Crippen LogP contribution in [0, 0.1) is 11.3 Å². The molecular weight excluding hydrogens is 247 g/mol. The van der Waals surface area contributed by atoms with Crippen LogP contribution in [0.2, 0.25) is 0 Å². The Balaban J connectivity index is 2.62. The van der Waals surface area contributed by atoms with Crippen molar-refractivity contribution in [2.75, 3.05) is 19.7 Å². The van der Waals surface area contributed by atoms with Gasteiger partial charge in [-0.25, -0.2) is 0 Å². The first-order chi connectivity index (χ1) is 8.33. The maximum Gasteiger partial charge on any atom is 0.406 e. The highest BCUT2D eigenvalue weighted by molar-refractivity contribution is 5.78. The van der Waals surface area contributed by atoms with Crippen LogP contribution in [0.15, 0.2) is 0 Å². The summed E-state index contributed by atoms with van der Waals surface area (Å²) in [6.07, 6.45) is -3.03. The summed E-state index contributed by atoms with van der Waals surface area (Å²) in [7, 11) is 0. The minimum Gasteiger partial charge on any atom is -0.465 e. The lowest BCUT2D eigenvalue weighted by Gasteiger charge is -2.28. The van der Waals surface area contributed by atoms with E-state index in [1.807, 2.05) is 13.8 Å². The van der Waals surface area contributed by atoms with Crippen LogP contribution in [0.4, 0.5) is 13.2 Å². The second kappa shape index (κ2) is 5.91. The zero-order chi connectivity index (χ0) is 13.8. The molecule has 0 spiro atoms. The van der Waals surface area contributed by atoms with Crippen molar-refractivity contribution in [3.05, 3.63) is 0 Å². The van der Waals surface area contributed by atoms with Crippen molar-refractivity contribution in [1.82, 2.24) is 5.32 Å². The first-order valence-electron chi connectivity index (χ1n) is 6.28. The summed E-state index contributed by atoms with van der Waals surface area (Å²) in [5, 5.41) is 2.59. The number of carbonyl (C=O) groups is 1. The van der Waals surface area contributed by atoms with E-state index in [2.05, 4.69) is 5.32 Å². The van der Waals surface area contributed by atoms with Crippen LogP contribution in [0.3, 0.4) is 0 Å². The van der Waals surface area contributed by atoms with Gasteiger partial charge in [-0.2, -0.15) is 13.2 Å². The standard InChI is InChI=1S/C12H20F3NO2/c1-3-4-9(2)7-18-10(17)11(12(13,14)15)5-6-16-8-11/h9,16H,3-8H2,1-2H3. The van der Waals surface area contributed by atoms with Gasteiger partial charge in [0.1, 0.15) is 0 Å². The van der Waals surface area contributed by atoms with Crippen LogP contribution in [0.5, 0.6) is 0 Å². The Labute approximate surface area is 105 Å². The molecule has 0 bridgehead atoms. The fraction of sp³-hybridized carbons (Fsp3) is 0.917. The van der Waals surface area contributed by atoms with Crippen molar-refractivity contribution in [3.63, 3.8) is 0 Å². The van der Waals surface area contributed by atoms with E-state index in [4.69, 9.17) is 4.74 Å². The van der Waals surface area contributed by atoms with E-state index in [1.54, 1.807) is 0 Å². The van der Waals surface area contributed by atoms with Gasteiger partial charge in [0.05, 0.1) is 6.61 Å². The van der Waals surface area contributed by atoms with Crippen molar-refractivity contribution in [1.29, 1.82) is 0 Å². The highest BCUT2D eigenvalue weighted by Crippen LogP contribution is 2.44. The molecule has 1 rings (SSSR count). The Morgan fingerprint density at radius 3 is 2.61 bits per heavy atom. The molecule has 1 N–H and O–H groups in total. The van der Waals surface area contributed by atoms with Gasteiger partial charge in [0, 0.05) is 6.54 Å². The Kier molecular flexibility index (Phi) is 5.01. The third-order valence-electron chi connectivity index (χ3n) is 3.37. The zero-order valence-corrected chi connectivity index (χ0v) is 10.8. The second-order valence-electron chi connectivity index (χ2n) is 5.00. The van der Waals surface area contributed by atoms with E-state index >= 15 is 0 Å². The topological polar surface area (TPSA) is 38.3 Å². The molecule has 0 aromatic rings. The third-order valence-corrected chi connectivity index (χ3v) is 3.37. The van der Waals surface area contributed by atoms with E-state index < -0.39 is 17.6 Å². The van der Waals surface area contributed by atoms with E-state index in [0.717, 1.165) is 12.8 Å². The molecule has 1 saturated heterocycles. The number of alkyl halides is 3. The first kappa shape index (κ1) is 15.3. The van der Waals surface area contributed by atoms with Crippen LogP contribution in [0.1, 0.15) is 33.1 Å². The summed E-state index contributed by atoms with van der Waals surface area (Å²) in [5.41, 5.74) is -2.35. The molecule has 1 fully saturated rings. The van der Waals surface area contributed by atoms with Gasteiger partial charge < -0.3 is 10.1 Å². The molecule has 0 aromatic carbocycles. The number of rotatable bonds is 5. The van der Waals surface area contributed by atoms with Crippen LogP contribution in [-0.4, -0.2) is 31.8 Å². The molecule has 106 valence electrons. The zero-order valence-electron chi connectivity index (χ0n) is 10.8. The molecule has 2 unspecified atom stereocenters. The fourth-order valence-corrected chi connectivity index (χ4v) is 2.16. The second-order valence-corrected chi connectivity index (χ2v) is 5.00. The SMILES string of the molecule is CCCC(C)COC(=O)C1(C(F)(F)F)CCNC1. The lowest BCUT2D eigenvalue weighted by molar-refractivity contribution is -0.229.